The van der Waals surface area contributed by atoms with Crippen molar-refractivity contribution in [2.45, 2.75) is 4.90 Å². The first-order chi connectivity index (χ1) is 15.6. The van der Waals surface area contributed by atoms with Crippen molar-refractivity contribution in [3.63, 3.8) is 0 Å². The van der Waals surface area contributed by atoms with E-state index in [0.29, 0.717) is 48.7 Å². The molecule has 0 bridgehead atoms. The van der Waals surface area contributed by atoms with Gasteiger partial charge < -0.3 is 15.5 Å². The fourth-order valence-electron chi connectivity index (χ4n) is 3.91. The Bertz CT molecular complexity index is 1300. The number of benzene rings is 3. The summed E-state index contributed by atoms with van der Waals surface area (Å²) in [5.41, 5.74) is 7.71. The van der Waals surface area contributed by atoms with Crippen molar-refractivity contribution in [3.05, 3.63) is 77.9 Å². The van der Waals surface area contributed by atoms with Gasteiger partial charge in [0.2, 0.25) is 0 Å². The lowest BCUT2D eigenvalue weighted by atomic mass is 9.98. The molecule has 0 aromatic heterocycles. The van der Waals surface area contributed by atoms with E-state index in [4.69, 9.17) is 5.73 Å². The number of piperazine rings is 1. The zero-order valence-corrected chi connectivity index (χ0v) is 18.8. The molecule has 33 heavy (non-hydrogen) atoms. The van der Waals surface area contributed by atoms with Crippen molar-refractivity contribution in [2.75, 3.05) is 43.1 Å². The van der Waals surface area contributed by atoms with Gasteiger partial charge in [0.15, 0.2) is 9.84 Å². The topological polar surface area (TPSA) is 83.7 Å². The molecular weight excluding hydrogens is 448 g/mol. The highest BCUT2D eigenvalue weighted by Crippen LogP contribution is 2.29. The molecule has 0 atom stereocenters. The molecule has 9 heteroatoms. The van der Waals surface area contributed by atoms with E-state index < -0.39 is 21.5 Å². The lowest BCUT2D eigenvalue weighted by molar-refractivity contribution is 0.0747. The minimum atomic E-state index is -3.54. The van der Waals surface area contributed by atoms with Gasteiger partial charge in [-0.2, -0.15) is 0 Å². The number of anilines is 2. The Balaban J connectivity index is 1.62. The predicted molar refractivity (Wildman–Crippen MR) is 124 cm³/mol. The van der Waals surface area contributed by atoms with Crippen molar-refractivity contribution in [1.82, 2.24) is 4.90 Å². The molecule has 0 spiro atoms. The minimum absolute atomic E-state index is 0.0271. The van der Waals surface area contributed by atoms with Gasteiger partial charge in [-0.15, -0.1) is 0 Å². The molecule has 172 valence electrons. The van der Waals surface area contributed by atoms with Gasteiger partial charge in [-0.3, -0.25) is 4.79 Å². The smallest absolute Gasteiger partial charge is 0.254 e. The lowest BCUT2D eigenvalue weighted by Crippen LogP contribution is -2.49. The number of amides is 1. The molecule has 1 saturated heterocycles. The van der Waals surface area contributed by atoms with Crippen LogP contribution in [0.5, 0.6) is 0 Å². The SMILES string of the molecule is CS(=O)(=O)c1ccc(-c2ccc(F)cc2)c(C(=O)N2CCN(c3ccc(N)cc3F)CC2)c1. The standard InChI is InChI=1S/C24H23F2N3O3S/c1-33(31,32)19-7-8-20(16-2-4-17(25)5-3-16)21(15-19)24(30)29-12-10-28(11-13-29)23-9-6-18(27)14-22(23)26/h2-9,14-15H,10-13,27H2,1H3. The van der Waals surface area contributed by atoms with Crippen molar-refractivity contribution in [1.29, 1.82) is 0 Å². The summed E-state index contributed by atoms with van der Waals surface area (Å²) < 4.78 is 51.9. The predicted octanol–water partition coefficient (Wildman–Crippen LogP) is 3.58. The van der Waals surface area contributed by atoms with E-state index in [1.807, 2.05) is 4.90 Å². The number of nitrogens with two attached hydrogens (primary N) is 1. The molecule has 1 aliphatic rings. The second kappa shape index (κ2) is 8.82. The normalized spacial score (nSPS) is 14.4. The lowest BCUT2D eigenvalue weighted by Gasteiger charge is -2.36. The first-order valence-electron chi connectivity index (χ1n) is 10.3. The Morgan fingerprint density at radius 1 is 0.909 bits per heavy atom. The van der Waals surface area contributed by atoms with Crippen molar-refractivity contribution in [3.8, 4) is 11.1 Å². The molecule has 0 unspecified atom stereocenters. The monoisotopic (exact) mass is 471 g/mol. The molecule has 2 N–H and O–H groups in total. The van der Waals surface area contributed by atoms with Crippen LogP contribution in [-0.2, 0) is 9.84 Å². The number of hydrogen-bond donors (Lipinski definition) is 1. The number of nitrogens with zero attached hydrogens (tertiary/aromatic N) is 2. The molecule has 1 heterocycles. The summed E-state index contributed by atoms with van der Waals surface area (Å²) in [4.78, 5) is 16.9. The Morgan fingerprint density at radius 2 is 1.58 bits per heavy atom. The zero-order chi connectivity index (χ0) is 23.8. The third-order valence-electron chi connectivity index (χ3n) is 5.68. The first kappa shape index (κ1) is 22.7. The second-order valence-electron chi connectivity index (χ2n) is 7.98. The molecule has 1 amide bonds. The molecule has 0 radical (unpaired) electrons. The fraction of sp³-hybridized carbons (Fsp3) is 0.208. The average molecular weight is 472 g/mol. The van der Waals surface area contributed by atoms with Gasteiger partial charge >= 0.3 is 0 Å². The van der Waals surface area contributed by atoms with Crippen LogP contribution in [0.2, 0.25) is 0 Å². The van der Waals surface area contributed by atoms with Gasteiger partial charge in [0.25, 0.3) is 5.91 Å². The largest absolute Gasteiger partial charge is 0.399 e. The molecule has 1 aliphatic heterocycles. The van der Waals surface area contributed by atoms with Gasteiger partial charge in [0.1, 0.15) is 11.6 Å². The summed E-state index contributed by atoms with van der Waals surface area (Å²) >= 11 is 0. The Hall–Kier alpha value is -3.46. The van der Waals surface area contributed by atoms with Crippen LogP contribution in [0.4, 0.5) is 20.2 Å². The third kappa shape index (κ3) is 4.83. The molecular formula is C24H23F2N3O3S. The zero-order valence-electron chi connectivity index (χ0n) is 18.0. The van der Waals surface area contributed by atoms with Gasteiger partial charge in [0, 0.05) is 43.7 Å². The Morgan fingerprint density at radius 3 is 2.18 bits per heavy atom. The maximum Gasteiger partial charge on any atom is 0.254 e. The van der Waals surface area contributed by atoms with Crippen LogP contribution in [0.25, 0.3) is 11.1 Å². The van der Waals surface area contributed by atoms with Gasteiger partial charge in [-0.05, 0) is 53.6 Å². The molecule has 4 rings (SSSR count). The summed E-state index contributed by atoms with van der Waals surface area (Å²) in [5, 5.41) is 0. The summed E-state index contributed by atoms with van der Waals surface area (Å²) in [7, 11) is -3.54. The number of sulfone groups is 1. The van der Waals surface area contributed by atoms with Crippen LogP contribution in [-0.4, -0.2) is 51.7 Å². The molecule has 1 fully saturated rings. The van der Waals surface area contributed by atoms with Crippen LogP contribution in [0.15, 0.2) is 65.6 Å². The molecule has 0 aliphatic carbocycles. The summed E-state index contributed by atoms with van der Waals surface area (Å²) in [6.07, 6.45) is 1.08. The van der Waals surface area contributed by atoms with Crippen LogP contribution in [0.1, 0.15) is 10.4 Å². The highest BCUT2D eigenvalue weighted by atomic mass is 32.2. The fourth-order valence-corrected chi connectivity index (χ4v) is 4.56. The number of carbonyl (C=O) groups excluding carboxylic acids is 1. The molecule has 3 aromatic carbocycles. The molecule has 6 nitrogen and oxygen atoms in total. The Kier molecular flexibility index (Phi) is 6.07. The van der Waals surface area contributed by atoms with Crippen molar-refractivity contribution >= 4 is 27.1 Å². The number of halogens is 2. The van der Waals surface area contributed by atoms with E-state index in [0.717, 1.165) is 6.26 Å². The number of nitrogen functional groups attached to an aromatic ring is 1. The van der Waals surface area contributed by atoms with Crippen LogP contribution < -0.4 is 10.6 Å². The van der Waals surface area contributed by atoms with E-state index in [9.17, 15) is 22.0 Å². The summed E-state index contributed by atoms with van der Waals surface area (Å²) in [5.74, 6) is -1.17. The minimum Gasteiger partial charge on any atom is -0.399 e. The summed E-state index contributed by atoms with van der Waals surface area (Å²) in [6, 6.07) is 14.5. The molecule has 0 saturated carbocycles. The van der Waals surface area contributed by atoms with Crippen LogP contribution >= 0.6 is 0 Å². The van der Waals surface area contributed by atoms with E-state index >= 15 is 0 Å². The third-order valence-corrected chi connectivity index (χ3v) is 6.79. The maximum atomic E-state index is 14.3. The maximum absolute atomic E-state index is 14.3. The van der Waals surface area contributed by atoms with Crippen molar-refractivity contribution in [2.24, 2.45) is 0 Å². The van der Waals surface area contributed by atoms with Crippen LogP contribution in [0.3, 0.4) is 0 Å². The number of carbonyl (C=O) groups is 1. The highest BCUT2D eigenvalue weighted by molar-refractivity contribution is 7.90. The quantitative estimate of drug-likeness (QED) is 0.588. The van der Waals surface area contributed by atoms with E-state index in [1.54, 1.807) is 35.2 Å². The van der Waals surface area contributed by atoms with E-state index in [2.05, 4.69) is 0 Å². The van der Waals surface area contributed by atoms with Crippen LogP contribution in [0, 0.1) is 11.6 Å². The summed E-state index contributed by atoms with van der Waals surface area (Å²) in [6.45, 7) is 1.47. The number of rotatable bonds is 4. The number of hydrogen-bond acceptors (Lipinski definition) is 5. The van der Waals surface area contributed by atoms with Gasteiger partial charge in [-0.25, -0.2) is 17.2 Å². The first-order valence-corrected chi connectivity index (χ1v) is 12.2. The Labute approximate surface area is 191 Å². The highest BCUT2D eigenvalue weighted by Gasteiger charge is 2.26. The second-order valence-corrected chi connectivity index (χ2v) is 9.99. The average Bonchev–Trinajstić information content (AvgIpc) is 2.78. The van der Waals surface area contributed by atoms with Crippen molar-refractivity contribution < 1.29 is 22.0 Å². The van der Waals surface area contributed by atoms with Gasteiger partial charge in [0.05, 0.1) is 10.6 Å². The van der Waals surface area contributed by atoms with E-state index in [1.165, 1.54) is 30.3 Å². The van der Waals surface area contributed by atoms with E-state index in [-0.39, 0.29) is 16.4 Å². The molecule has 3 aromatic rings. The van der Waals surface area contributed by atoms with Gasteiger partial charge in [-0.1, -0.05) is 18.2 Å².